The number of hydrazine groups is 1. The van der Waals surface area contributed by atoms with Gasteiger partial charge in [-0.1, -0.05) is 23.2 Å². The van der Waals surface area contributed by atoms with E-state index in [1.807, 2.05) is 0 Å². The lowest BCUT2D eigenvalue weighted by Crippen LogP contribution is -2.51. The van der Waals surface area contributed by atoms with E-state index in [1.165, 1.54) is 19.3 Å². The number of amides is 2. The van der Waals surface area contributed by atoms with Crippen LogP contribution in [0, 0.1) is 23.2 Å². The van der Waals surface area contributed by atoms with Crippen LogP contribution < -0.4 is 15.6 Å². The molecule has 0 radical (unpaired) electrons. The van der Waals surface area contributed by atoms with Crippen molar-refractivity contribution >= 4 is 35.0 Å². The summed E-state index contributed by atoms with van der Waals surface area (Å²) in [6.07, 6.45) is 7.21. The van der Waals surface area contributed by atoms with Gasteiger partial charge in [-0.15, -0.1) is 0 Å². The number of rotatable bonds is 5. The number of carbonyl (C=O) groups is 2. The number of hydrogen-bond acceptors (Lipinski definition) is 3. The summed E-state index contributed by atoms with van der Waals surface area (Å²) in [5.41, 5.74) is 5.20. The second-order valence-corrected chi connectivity index (χ2v) is 9.81. The predicted molar refractivity (Wildman–Crippen MR) is 108 cm³/mol. The van der Waals surface area contributed by atoms with Crippen molar-refractivity contribution < 1.29 is 14.3 Å². The maximum absolute atomic E-state index is 12.5. The smallest absolute Gasteiger partial charge is 0.279 e. The van der Waals surface area contributed by atoms with Gasteiger partial charge in [-0.25, -0.2) is 0 Å². The molecule has 7 heteroatoms. The minimum atomic E-state index is -0.807. The predicted octanol–water partition coefficient (Wildman–Crippen LogP) is 4.51. The van der Waals surface area contributed by atoms with Gasteiger partial charge < -0.3 is 4.74 Å². The fourth-order valence-corrected chi connectivity index (χ4v) is 6.39. The molecular formula is C21H26Cl2N2O3. The molecule has 2 amide bonds. The lowest BCUT2D eigenvalue weighted by atomic mass is 9.49. The molecule has 28 heavy (non-hydrogen) atoms. The Morgan fingerprint density at radius 1 is 1.11 bits per heavy atom. The fraction of sp³-hybridized carbons (Fsp3) is 0.619. The van der Waals surface area contributed by atoms with Crippen molar-refractivity contribution in [2.24, 2.45) is 23.2 Å². The van der Waals surface area contributed by atoms with Gasteiger partial charge in [-0.2, -0.15) is 0 Å². The molecule has 5 rings (SSSR count). The monoisotopic (exact) mass is 424 g/mol. The van der Waals surface area contributed by atoms with Gasteiger partial charge in [0.15, 0.2) is 6.10 Å². The minimum absolute atomic E-state index is 0.118. The zero-order valence-electron chi connectivity index (χ0n) is 16.0. The summed E-state index contributed by atoms with van der Waals surface area (Å²) >= 11 is 11.9. The molecular weight excluding hydrogens is 399 g/mol. The third kappa shape index (κ3) is 4.25. The Morgan fingerprint density at radius 2 is 1.71 bits per heavy atom. The number of halogens is 2. The van der Waals surface area contributed by atoms with Crippen molar-refractivity contribution in [1.29, 1.82) is 0 Å². The molecule has 5 nitrogen and oxygen atoms in total. The molecule has 152 valence electrons. The molecule has 1 aromatic rings. The van der Waals surface area contributed by atoms with E-state index < -0.39 is 12.0 Å². The molecule has 0 unspecified atom stereocenters. The van der Waals surface area contributed by atoms with Gasteiger partial charge in [-0.05, 0) is 86.8 Å². The number of hydrogen-bond donors (Lipinski definition) is 2. The van der Waals surface area contributed by atoms with Gasteiger partial charge in [0.05, 0.1) is 5.02 Å². The quantitative estimate of drug-likeness (QED) is 0.682. The van der Waals surface area contributed by atoms with Gasteiger partial charge in [0.2, 0.25) is 5.91 Å². The fourth-order valence-electron chi connectivity index (χ4n) is 5.94. The van der Waals surface area contributed by atoms with E-state index in [9.17, 15) is 9.59 Å². The van der Waals surface area contributed by atoms with Crippen molar-refractivity contribution in [3.63, 3.8) is 0 Å². The third-order valence-electron chi connectivity index (χ3n) is 6.59. The van der Waals surface area contributed by atoms with Gasteiger partial charge in [0, 0.05) is 11.4 Å². The first kappa shape index (κ1) is 19.8. The SMILES string of the molecule is C[C@H](Oc1ccc(Cl)cc1Cl)C(=O)NNC(=O)CC12CC3CC(CC(C3)C1)C2. The summed E-state index contributed by atoms with van der Waals surface area (Å²) in [5.74, 6) is 2.22. The standard InChI is InChI=1S/C21H26Cl2N2O3/c1-12(28-18-3-2-16(22)7-17(18)23)20(27)25-24-19(26)11-21-8-13-4-14(9-21)6-15(5-13)10-21/h2-3,7,12-15H,4-6,8-11H2,1H3,(H,24,26)(H,25,27)/t12-,13?,14?,15?,21?/m0/s1. The highest BCUT2D eigenvalue weighted by molar-refractivity contribution is 6.35. The second kappa shape index (κ2) is 7.75. The molecule has 0 spiro atoms. The lowest BCUT2D eigenvalue weighted by molar-refractivity contribution is -0.136. The van der Waals surface area contributed by atoms with Gasteiger partial charge >= 0.3 is 0 Å². The summed E-state index contributed by atoms with van der Waals surface area (Å²) in [5, 5.41) is 0.824. The van der Waals surface area contributed by atoms with Crippen molar-refractivity contribution in [2.45, 2.75) is 58.0 Å². The number of nitrogens with one attached hydrogen (secondary N) is 2. The van der Waals surface area contributed by atoms with E-state index in [0.717, 1.165) is 37.0 Å². The van der Waals surface area contributed by atoms with Crippen molar-refractivity contribution in [2.75, 3.05) is 0 Å². The average molecular weight is 425 g/mol. The highest BCUT2D eigenvalue weighted by Gasteiger charge is 2.51. The minimum Gasteiger partial charge on any atom is -0.479 e. The normalized spacial score (nSPS) is 31.3. The van der Waals surface area contributed by atoms with E-state index in [-0.39, 0.29) is 11.3 Å². The van der Waals surface area contributed by atoms with Crippen LogP contribution in [0.1, 0.15) is 51.9 Å². The molecule has 4 aliphatic rings. The molecule has 0 aliphatic heterocycles. The Labute approximate surface area is 175 Å². The Balaban J connectivity index is 1.27. The zero-order chi connectivity index (χ0) is 19.9. The van der Waals surface area contributed by atoms with Crippen LogP contribution >= 0.6 is 23.2 Å². The molecule has 4 bridgehead atoms. The summed E-state index contributed by atoms with van der Waals surface area (Å²) < 4.78 is 5.57. The van der Waals surface area contributed by atoms with Crippen molar-refractivity contribution in [1.82, 2.24) is 10.9 Å². The van der Waals surface area contributed by atoms with E-state index in [4.69, 9.17) is 27.9 Å². The van der Waals surface area contributed by atoms with Crippen LogP contribution in [-0.2, 0) is 9.59 Å². The van der Waals surface area contributed by atoms with Crippen LogP contribution in [-0.4, -0.2) is 17.9 Å². The molecule has 4 saturated carbocycles. The Bertz CT molecular complexity index is 748. The molecule has 2 N–H and O–H groups in total. The van der Waals surface area contributed by atoms with E-state index >= 15 is 0 Å². The largest absolute Gasteiger partial charge is 0.479 e. The average Bonchev–Trinajstić information content (AvgIpc) is 2.60. The maximum Gasteiger partial charge on any atom is 0.279 e. The topological polar surface area (TPSA) is 67.4 Å². The van der Waals surface area contributed by atoms with Crippen LogP contribution in [0.3, 0.4) is 0 Å². The Hall–Kier alpha value is -1.46. The maximum atomic E-state index is 12.5. The van der Waals surface area contributed by atoms with Crippen molar-refractivity contribution in [3.8, 4) is 5.75 Å². The molecule has 4 aliphatic carbocycles. The summed E-state index contributed by atoms with van der Waals surface area (Å²) in [6, 6.07) is 4.80. The number of benzene rings is 1. The van der Waals surface area contributed by atoms with Gasteiger partial charge in [-0.3, -0.25) is 20.4 Å². The highest BCUT2D eigenvalue weighted by Crippen LogP contribution is 2.61. The summed E-state index contributed by atoms with van der Waals surface area (Å²) in [6.45, 7) is 1.60. The first-order valence-corrected chi connectivity index (χ1v) is 10.8. The van der Waals surface area contributed by atoms with Crippen molar-refractivity contribution in [3.05, 3.63) is 28.2 Å². The molecule has 4 fully saturated rings. The first-order chi connectivity index (χ1) is 13.3. The van der Waals surface area contributed by atoms with E-state index in [1.54, 1.807) is 25.1 Å². The lowest BCUT2D eigenvalue weighted by Gasteiger charge is -2.56. The molecule has 0 aromatic heterocycles. The van der Waals surface area contributed by atoms with Crippen LogP contribution in [0.5, 0.6) is 5.75 Å². The van der Waals surface area contributed by atoms with E-state index in [2.05, 4.69) is 10.9 Å². The molecule has 0 heterocycles. The van der Waals surface area contributed by atoms with Gasteiger partial charge in [0.25, 0.3) is 5.91 Å². The van der Waals surface area contributed by atoms with Crippen LogP contribution in [0.25, 0.3) is 0 Å². The number of ether oxygens (including phenoxy) is 1. The van der Waals surface area contributed by atoms with Crippen LogP contribution in [0.15, 0.2) is 18.2 Å². The highest BCUT2D eigenvalue weighted by atomic mass is 35.5. The molecule has 1 aromatic carbocycles. The first-order valence-electron chi connectivity index (χ1n) is 10.0. The van der Waals surface area contributed by atoms with Crippen LogP contribution in [0.4, 0.5) is 0 Å². The van der Waals surface area contributed by atoms with E-state index in [0.29, 0.717) is 22.2 Å². The summed E-state index contributed by atoms with van der Waals surface area (Å²) in [4.78, 5) is 24.8. The zero-order valence-corrected chi connectivity index (χ0v) is 17.5. The summed E-state index contributed by atoms with van der Waals surface area (Å²) in [7, 11) is 0. The third-order valence-corrected chi connectivity index (χ3v) is 7.12. The Kier molecular flexibility index (Phi) is 5.49. The second-order valence-electron chi connectivity index (χ2n) is 8.97. The number of carbonyl (C=O) groups excluding carboxylic acids is 2. The van der Waals surface area contributed by atoms with Crippen LogP contribution in [0.2, 0.25) is 10.0 Å². The molecule has 0 saturated heterocycles. The van der Waals surface area contributed by atoms with Gasteiger partial charge in [0.1, 0.15) is 5.75 Å². The molecule has 1 atom stereocenters. The Morgan fingerprint density at radius 3 is 2.29 bits per heavy atom.